The van der Waals surface area contributed by atoms with Gasteiger partial charge in [-0.25, -0.2) is 23.3 Å². The van der Waals surface area contributed by atoms with Gasteiger partial charge in [-0.3, -0.25) is 0 Å². The molecule has 0 unspecified atom stereocenters. The van der Waals surface area contributed by atoms with Crippen LogP contribution in [0.25, 0.3) is 33.8 Å². The van der Waals surface area contributed by atoms with Crippen molar-refractivity contribution in [3.63, 3.8) is 0 Å². The molecule has 5 aromatic rings. The molecular formula is C26H22ClF3N6O. The molecule has 0 saturated heterocycles. The number of halogens is 4. The Bertz CT molecular complexity index is 1550. The fourth-order valence-electron chi connectivity index (χ4n) is 4.12. The van der Waals surface area contributed by atoms with E-state index < -0.39 is 17.5 Å². The minimum atomic E-state index is -0.968. The number of benzene rings is 3. The second-order valence-electron chi connectivity index (χ2n) is 8.53. The summed E-state index contributed by atoms with van der Waals surface area (Å²) in [5, 5.41) is 13.8. The molecule has 2 aromatic heterocycles. The zero-order valence-electron chi connectivity index (χ0n) is 19.8. The zero-order chi connectivity index (χ0) is 25.9. The molecule has 0 bridgehead atoms. The van der Waals surface area contributed by atoms with E-state index in [1.807, 2.05) is 4.57 Å². The van der Waals surface area contributed by atoms with E-state index >= 15 is 0 Å². The summed E-state index contributed by atoms with van der Waals surface area (Å²) >= 11 is 6.25. The Balaban J connectivity index is 1.50. The van der Waals surface area contributed by atoms with Crippen LogP contribution in [0, 0.1) is 17.5 Å². The van der Waals surface area contributed by atoms with Crippen LogP contribution in [0.3, 0.4) is 0 Å². The summed E-state index contributed by atoms with van der Waals surface area (Å²) in [7, 11) is 0. The van der Waals surface area contributed by atoms with Gasteiger partial charge >= 0.3 is 0 Å². The average molecular weight is 527 g/mol. The molecule has 7 nitrogen and oxygen atoms in total. The maximum atomic E-state index is 14.8. The Morgan fingerprint density at radius 2 is 1.81 bits per heavy atom. The van der Waals surface area contributed by atoms with Crippen LogP contribution >= 0.6 is 11.6 Å². The number of rotatable bonds is 9. The Labute approximate surface area is 215 Å². The molecular weight excluding hydrogens is 505 g/mol. The fraction of sp³-hybridized carbons (Fsp3) is 0.231. The van der Waals surface area contributed by atoms with E-state index in [9.17, 15) is 13.2 Å². The van der Waals surface area contributed by atoms with E-state index in [-0.39, 0.29) is 6.61 Å². The number of nitrogens with one attached hydrogen (secondary N) is 1. The summed E-state index contributed by atoms with van der Waals surface area (Å²) in [6.45, 7) is 2.55. The van der Waals surface area contributed by atoms with Crippen molar-refractivity contribution < 1.29 is 17.9 Å². The van der Waals surface area contributed by atoms with Crippen LogP contribution in [0.5, 0.6) is 5.75 Å². The van der Waals surface area contributed by atoms with Gasteiger partial charge in [-0.2, -0.15) is 0 Å². The second-order valence-corrected chi connectivity index (χ2v) is 8.97. The molecule has 0 spiro atoms. The molecule has 2 heterocycles. The van der Waals surface area contributed by atoms with Crippen LogP contribution in [0.2, 0.25) is 5.02 Å². The van der Waals surface area contributed by atoms with Crippen LogP contribution in [0.1, 0.15) is 31.7 Å². The molecule has 0 saturated carbocycles. The first-order valence-corrected chi connectivity index (χ1v) is 12.1. The number of nitrogens with zero attached hydrogens (tertiary/aromatic N) is 5. The average Bonchev–Trinajstić information content (AvgIpc) is 3.53. The SMILES string of the molecule is CCCCCn1c(-c2ccc(Cl)cc2OCc2ccc(-c3nnn[nH]3)cc2F)nc2cc(F)c(F)cc21. The van der Waals surface area contributed by atoms with Crippen molar-refractivity contribution in [2.24, 2.45) is 0 Å². The number of aromatic amines is 1. The van der Waals surface area contributed by atoms with Crippen LogP contribution < -0.4 is 4.74 Å². The van der Waals surface area contributed by atoms with Crippen molar-refractivity contribution in [2.75, 3.05) is 0 Å². The summed E-state index contributed by atoms with van der Waals surface area (Å²) in [6.07, 6.45) is 2.79. The monoisotopic (exact) mass is 526 g/mol. The van der Waals surface area contributed by atoms with Crippen LogP contribution in [0.4, 0.5) is 13.2 Å². The number of ether oxygens (including phenoxy) is 1. The van der Waals surface area contributed by atoms with E-state index in [0.717, 1.165) is 31.4 Å². The van der Waals surface area contributed by atoms with Gasteiger partial charge in [-0.15, -0.1) is 5.10 Å². The fourth-order valence-corrected chi connectivity index (χ4v) is 4.28. The largest absolute Gasteiger partial charge is 0.488 e. The first-order valence-electron chi connectivity index (χ1n) is 11.7. The summed E-state index contributed by atoms with van der Waals surface area (Å²) in [5.74, 6) is -1.21. The lowest BCUT2D eigenvalue weighted by atomic mass is 10.1. The predicted molar refractivity (Wildman–Crippen MR) is 134 cm³/mol. The lowest BCUT2D eigenvalue weighted by molar-refractivity contribution is 0.301. The van der Waals surface area contributed by atoms with Gasteiger partial charge in [0, 0.05) is 34.8 Å². The van der Waals surface area contributed by atoms with Gasteiger partial charge < -0.3 is 9.30 Å². The lowest BCUT2D eigenvalue weighted by Crippen LogP contribution is -2.04. The number of hydrogen-bond donors (Lipinski definition) is 1. The predicted octanol–water partition coefficient (Wildman–Crippen LogP) is 6.72. The third-order valence-electron chi connectivity index (χ3n) is 6.02. The Morgan fingerprint density at radius 3 is 2.57 bits per heavy atom. The lowest BCUT2D eigenvalue weighted by Gasteiger charge is -2.15. The topological polar surface area (TPSA) is 81.5 Å². The molecule has 190 valence electrons. The molecule has 0 aliphatic rings. The van der Waals surface area contributed by atoms with E-state index in [2.05, 4.69) is 32.5 Å². The van der Waals surface area contributed by atoms with E-state index in [1.165, 1.54) is 6.07 Å². The van der Waals surface area contributed by atoms with Crippen molar-refractivity contribution in [2.45, 2.75) is 39.3 Å². The van der Waals surface area contributed by atoms with Crippen LogP contribution in [-0.2, 0) is 13.2 Å². The molecule has 37 heavy (non-hydrogen) atoms. The Kier molecular flexibility index (Phi) is 7.09. The molecule has 11 heteroatoms. The second kappa shape index (κ2) is 10.6. The maximum absolute atomic E-state index is 14.8. The Morgan fingerprint density at radius 1 is 0.973 bits per heavy atom. The minimum Gasteiger partial charge on any atom is -0.488 e. The Hall–Kier alpha value is -3.92. The number of tetrazole rings is 1. The van der Waals surface area contributed by atoms with Crippen LogP contribution in [0.15, 0.2) is 48.5 Å². The molecule has 0 aliphatic heterocycles. The van der Waals surface area contributed by atoms with Crippen molar-refractivity contribution in [1.29, 1.82) is 0 Å². The van der Waals surface area contributed by atoms with Gasteiger partial charge in [0.1, 0.15) is 24.0 Å². The van der Waals surface area contributed by atoms with Gasteiger partial charge in [0.2, 0.25) is 0 Å². The van der Waals surface area contributed by atoms with E-state index in [4.69, 9.17) is 16.3 Å². The summed E-state index contributed by atoms with van der Waals surface area (Å²) < 4.78 is 50.8. The number of imidazole rings is 1. The highest BCUT2D eigenvalue weighted by atomic mass is 35.5. The highest BCUT2D eigenvalue weighted by Crippen LogP contribution is 2.35. The van der Waals surface area contributed by atoms with Crippen molar-refractivity contribution >= 4 is 22.6 Å². The number of aromatic nitrogens is 6. The maximum Gasteiger partial charge on any atom is 0.179 e. The van der Waals surface area contributed by atoms with Crippen molar-refractivity contribution in [1.82, 2.24) is 30.2 Å². The van der Waals surface area contributed by atoms with Gasteiger partial charge in [0.25, 0.3) is 0 Å². The molecule has 5 rings (SSSR count). The zero-order valence-corrected chi connectivity index (χ0v) is 20.6. The van der Waals surface area contributed by atoms with E-state index in [1.54, 1.807) is 30.3 Å². The number of unbranched alkanes of at least 4 members (excludes halogenated alkanes) is 2. The summed E-state index contributed by atoms with van der Waals surface area (Å²) in [5.41, 5.74) is 2.18. The molecule has 0 aliphatic carbocycles. The van der Waals surface area contributed by atoms with Crippen LogP contribution in [-0.4, -0.2) is 30.2 Å². The minimum absolute atomic E-state index is 0.0899. The smallest absolute Gasteiger partial charge is 0.179 e. The normalized spacial score (nSPS) is 11.4. The van der Waals surface area contributed by atoms with Gasteiger partial charge in [0.15, 0.2) is 17.5 Å². The summed E-state index contributed by atoms with van der Waals surface area (Å²) in [4.78, 5) is 4.60. The van der Waals surface area contributed by atoms with Crippen molar-refractivity contribution in [3.8, 4) is 28.5 Å². The molecule has 0 fully saturated rings. The highest BCUT2D eigenvalue weighted by Gasteiger charge is 2.19. The first kappa shape index (κ1) is 24.8. The summed E-state index contributed by atoms with van der Waals surface area (Å²) in [6, 6.07) is 11.9. The molecule has 0 radical (unpaired) electrons. The third-order valence-corrected chi connectivity index (χ3v) is 6.25. The number of hydrogen-bond acceptors (Lipinski definition) is 5. The number of fused-ring (bicyclic) bond motifs is 1. The molecule has 1 N–H and O–H groups in total. The quantitative estimate of drug-likeness (QED) is 0.215. The number of aryl methyl sites for hydroxylation is 1. The molecule has 0 atom stereocenters. The molecule has 0 amide bonds. The molecule has 3 aromatic carbocycles. The van der Waals surface area contributed by atoms with Crippen molar-refractivity contribution in [3.05, 3.63) is 76.6 Å². The van der Waals surface area contributed by atoms with E-state index in [0.29, 0.717) is 56.7 Å². The van der Waals surface area contributed by atoms with Gasteiger partial charge in [-0.1, -0.05) is 43.5 Å². The third kappa shape index (κ3) is 5.15. The van der Waals surface area contributed by atoms with Gasteiger partial charge in [-0.05, 0) is 41.1 Å². The standard InChI is InChI=1S/C26H22ClF3N6O/c1-2-3-4-9-36-23-13-21(30)20(29)12-22(23)31-26(36)18-8-7-17(27)11-24(18)37-14-16-6-5-15(10-19(16)28)25-32-34-35-33-25/h5-8,10-13H,2-4,9,14H2,1H3,(H,32,33,34,35). The first-order chi connectivity index (χ1) is 17.9. The highest BCUT2D eigenvalue weighted by molar-refractivity contribution is 6.30. The van der Waals surface area contributed by atoms with Gasteiger partial charge in [0.05, 0.1) is 16.6 Å². The number of H-pyrrole nitrogens is 1.